The molecule has 0 saturated heterocycles. The molecule has 0 radical (unpaired) electrons. The highest BCUT2D eigenvalue weighted by Crippen LogP contribution is 2.06. The van der Waals surface area contributed by atoms with E-state index in [1.165, 1.54) is 4.90 Å². The number of nitrogens with zero attached hydrogens (tertiary/aromatic N) is 3. The first kappa shape index (κ1) is 16.5. The van der Waals surface area contributed by atoms with Gasteiger partial charge in [0.1, 0.15) is 0 Å². The zero-order chi connectivity index (χ0) is 15.3. The Morgan fingerprint density at radius 2 is 2.15 bits per heavy atom. The molecule has 2 unspecified atom stereocenters. The van der Waals surface area contributed by atoms with E-state index in [0.29, 0.717) is 13.1 Å². The number of aliphatic hydroxyl groups is 1. The molecule has 1 rings (SSSR count). The number of hydrogen-bond donors (Lipinski definition) is 2. The van der Waals surface area contributed by atoms with Crippen LogP contribution in [0.4, 0.5) is 4.79 Å². The normalized spacial score (nSPS) is 13.9. The van der Waals surface area contributed by atoms with Crippen molar-refractivity contribution in [3.63, 3.8) is 0 Å². The summed E-state index contributed by atoms with van der Waals surface area (Å²) in [6, 6.07) is 1.88. The molecular formula is C14H26N4O2. The van der Waals surface area contributed by atoms with Gasteiger partial charge in [0.25, 0.3) is 0 Å². The molecular weight excluding hydrogens is 256 g/mol. The fraction of sp³-hybridized carbons (Fsp3) is 0.714. The van der Waals surface area contributed by atoms with Crippen LogP contribution in [0.25, 0.3) is 0 Å². The highest BCUT2D eigenvalue weighted by molar-refractivity contribution is 5.73. The van der Waals surface area contributed by atoms with Crippen molar-refractivity contribution in [2.75, 3.05) is 20.1 Å². The zero-order valence-electron chi connectivity index (χ0n) is 13.1. The second-order valence-electron chi connectivity index (χ2n) is 5.63. The standard InChI is InChI=1S/C14H26N4O2/c1-10(8-18-12(3)6-11(2)16-18)7-15-14(20)17(5)9-13(4)19/h6,10,13,19H,7-9H2,1-5H3,(H,15,20). The van der Waals surface area contributed by atoms with Crippen molar-refractivity contribution in [2.45, 2.75) is 40.3 Å². The van der Waals surface area contributed by atoms with Crippen molar-refractivity contribution >= 4 is 6.03 Å². The molecule has 1 heterocycles. The van der Waals surface area contributed by atoms with E-state index in [9.17, 15) is 9.90 Å². The number of amides is 2. The molecule has 114 valence electrons. The van der Waals surface area contributed by atoms with Crippen LogP contribution in [0.3, 0.4) is 0 Å². The van der Waals surface area contributed by atoms with Gasteiger partial charge in [0, 0.05) is 32.4 Å². The second-order valence-corrected chi connectivity index (χ2v) is 5.63. The van der Waals surface area contributed by atoms with E-state index in [0.717, 1.165) is 17.9 Å². The molecule has 0 bridgehead atoms. The van der Waals surface area contributed by atoms with Crippen molar-refractivity contribution in [3.8, 4) is 0 Å². The number of carbonyl (C=O) groups excluding carboxylic acids is 1. The average Bonchev–Trinajstić information content (AvgIpc) is 2.63. The van der Waals surface area contributed by atoms with Crippen LogP contribution in [-0.4, -0.2) is 52.1 Å². The van der Waals surface area contributed by atoms with Crippen LogP contribution in [0.1, 0.15) is 25.2 Å². The third-order valence-electron chi connectivity index (χ3n) is 3.07. The fourth-order valence-electron chi connectivity index (χ4n) is 2.10. The number of aromatic nitrogens is 2. The number of likely N-dealkylation sites (N-methyl/N-ethyl adjacent to an activating group) is 1. The van der Waals surface area contributed by atoms with Gasteiger partial charge in [-0.25, -0.2) is 4.79 Å². The van der Waals surface area contributed by atoms with Crippen LogP contribution in [-0.2, 0) is 6.54 Å². The molecule has 20 heavy (non-hydrogen) atoms. The topological polar surface area (TPSA) is 70.4 Å². The molecule has 0 aliphatic rings. The van der Waals surface area contributed by atoms with Gasteiger partial charge in [-0.2, -0.15) is 5.10 Å². The van der Waals surface area contributed by atoms with Crippen molar-refractivity contribution < 1.29 is 9.90 Å². The first-order valence-corrected chi connectivity index (χ1v) is 6.97. The molecule has 1 aromatic heterocycles. The van der Waals surface area contributed by atoms with Crippen molar-refractivity contribution in [1.29, 1.82) is 0 Å². The lowest BCUT2D eigenvalue weighted by Gasteiger charge is -2.21. The summed E-state index contributed by atoms with van der Waals surface area (Å²) in [6.07, 6.45) is -0.516. The minimum absolute atomic E-state index is 0.161. The Labute approximate surface area is 120 Å². The van der Waals surface area contributed by atoms with Gasteiger partial charge < -0.3 is 15.3 Å². The largest absolute Gasteiger partial charge is 0.392 e. The summed E-state index contributed by atoms with van der Waals surface area (Å²) >= 11 is 0. The van der Waals surface area contributed by atoms with Crippen molar-refractivity contribution in [3.05, 3.63) is 17.5 Å². The number of carbonyl (C=O) groups is 1. The van der Waals surface area contributed by atoms with Gasteiger partial charge in [-0.05, 0) is 32.8 Å². The maximum absolute atomic E-state index is 11.8. The molecule has 0 aromatic carbocycles. The Kier molecular flexibility index (Phi) is 6.01. The average molecular weight is 282 g/mol. The SMILES string of the molecule is Cc1cc(C)n(CC(C)CNC(=O)N(C)CC(C)O)n1. The summed E-state index contributed by atoms with van der Waals surface area (Å²) in [4.78, 5) is 13.3. The smallest absolute Gasteiger partial charge is 0.317 e. The van der Waals surface area contributed by atoms with Gasteiger partial charge >= 0.3 is 6.03 Å². The molecule has 1 aromatic rings. The monoisotopic (exact) mass is 282 g/mol. The number of aryl methyl sites for hydroxylation is 2. The predicted molar refractivity (Wildman–Crippen MR) is 78.6 cm³/mol. The van der Waals surface area contributed by atoms with Gasteiger partial charge in [0.2, 0.25) is 0 Å². The number of aliphatic hydroxyl groups excluding tert-OH is 1. The van der Waals surface area contributed by atoms with E-state index in [2.05, 4.69) is 17.3 Å². The predicted octanol–water partition coefficient (Wildman–Crippen LogP) is 1.16. The lowest BCUT2D eigenvalue weighted by molar-refractivity contribution is 0.143. The highest BCUT2D eigenvalue weighted by Gasteiger charge is 2.12. The summed E-state index contributed by atoms with van der Waals surface area (Å²) in [6.45, 7) is 9.43. The quantitative estimate of drug-likeness (QED) is 0.822. The lowest BCUT2D eigenvalue weighted by atomic mass is 10.2. The van der Waals surface area contributed by atoms with Crippen molar-refractivity contribution in [2.24, 2.45) is 5.92 Å². The van der Waals surface area contributed by atoms with Crippen LogP contribution < -0.4 is 5.32 Å². The summed E-state index contributed by atoms with van der Waals surface area (Å²) < 4.78 is 1.96. The molecule has 0 saturated carbocycles. The van der Waals surface area contributed by atoms with E-state index in [1.54, 1.807) is 14.0 Å². The van der Waals surface area contributed by atoms with Gasteiger partial charge in [-0.1, -0.05) is 6.92 Å². The van der Waals surface area contributed by atoms with Crippen LogP contribution in [0, 0.1) is 19.8 Å². The van der Waals surface area contributed by atoms with E-state index < -0.39 is 6.10 Å². The minimum Gasteiger partial charge on any atom is -0.392 e. The number of hydrogen-bond acceptors (Lipinski definition) is 3. The number of rotatable bonds is 6. The molecule has 0 aliphatic heterocycles. The van der Waals surface area contributed by atoms with E-state index in [-0.39, 0.29) is 11.9 Å². The van der Waals surface area contributed by atoms with E-state index >= 15 is 0 Å². The molecule has 0 aliphatic carbocycles. The van der Waals surface area contributed by atoms with Crippen LogP contribution >= 0.6 is 0 Å². The number of urea groups is 1. The Bertz CT molecular complexity index is 442. The van der Waals surface area contributed by atoms with Crippen molar-refractivity contribution in [1.82, 2.24) is 20.0 Å². The summed E-state index contributed by atoms with van der Waals surface area (Å²) in [5, 5.41) is 16.5. The maximum atomic E-state index is 11.8. The van der Waals surface area contributed by atoms with Gasteiger partial charge in [0.05, 0.1) is 11.8 Å². The zero-order valence-corrected chi connectivity index (χ0v) is 13.1. The Morgan fingerprint density at radius 1 is 1.50 bits per heavy atom. The molecule has 0 fully saturated rings. The van der Waals surface area contributed by atoms with E-state index in [1.807, 2.05) is 24.6 Å². The van der Waals surface area contributed by atoms with Crippen LogP contribution in [0.2, 0.25) is 0 Å². The van der Waals surface area contributed by atoms with E-state index in [4.69, 9.17) is 0 Å². The maximum Gasteiger partial charge on any atom is 0.317 e. The molecule has 2 amide bonds. The Hall–Kier alpha value is -1.56. The van der Waals surface area contributed by atoms with Crippen LogP contribution in [0.5, 0.6) is 0 Å². The number of nitrogens with one attached hydrogen (secondary N) is 1. The molecule has 6 heteroatoms. The first-order chi connectivity index (χ1) is 9.29. The molecule has 2 N–H and O–H groups in total. The summed E-state index contributed by atoms with van der Waals surface area (Å²) in [5.74, 6) is 0.289. The second kappa shape index (κ2) is 7.28. The Morgan fingerprint density at radius 3 is 2.65 bits per heavy atom. The first-order valence-electron chi connectivity index (χ1n) is 6.97. The van der Waals surface area contributed by atoms with Crippen LogP contribution in [0.15, 0.2) is 6.07 Å². The summed E-state index contributed by atoms with van der Waals surface area (Å²) in [5.41, 5.74) is 2.14. The summed E-state index contributed by atoms with van der Waals surface area (Å²) in [7, 11) is 1.67. The third-order valence-corrected chi connectivity index (χ3v) is 3.07. The highest BCUT2D eigenvalue weighted by atomic mass is 16.3. The fourth-order valence-corrected chi connectivity index (χ4v) is 2.10. The van der Waals surface area contributed by atoms with Gasteiger partial charge in [0.15, 0.2) is 0 Å². The molecule has 6 nitrogen and oxygen atoms in total. The third kappa shape index (κ3) is 5.21. The lowest BCUT2D eigenvalue weighted by Crippen LogP contribution is -2.42. The van der Waals surface area contributed by atoms with Gasteiger partial charge in [-0.15, -0.1) is 0 Å². The molecule has 0 spiro atoms. The minimum atomic E-state index is -0.516. The Balaban J connectivity index is 2.38. The van der Waals surface area contributed by atoms with Gasteiger partial charge in [-0.3, -0.25) is 4.68 Å². The molecule has 2 atom stereocenters.